The van der Waals surface area contributed by atoms with E-state index in [1.165, 1.54) is 6.20 Å². The third kappa shape index (κ3) is 4.49. The van der Waals surface area contributed by atoms with Crippen molar-refractivity contribution in [2.75, 3.05) is 13.1 Å². The number of hydrogen-bond acceptors (Lipinski definition) is 4. The van der Waals surface area contributed by atoms with Gasteiger partial charge in [0.1, 0.15) is 5.56 Å². The Labute approximate surface area is 108 Å². The van der Waals surface area contributed by atoms with Crippen molar-refractivity contribution in [2.45, 2.75) is 34.2 Å². The predicted octanol–water partition coefficient (Wildman–Crippen LogP) is 2.49. The van der Waals surface area contributed by atoms with Gasteiger partial charge in [-0.3, -0.25) is 4.90 Å². The van der Waals surface area contributed by atoms with Gasteiger partial charge in [0.25, 0.3) is 0 Å². The fourth-order valence-electron chi connectivity index (χ4n) is 1.99. The fourth-order valence-corrected chi connectivity index (χ4v) is 1.99. The molecule has 0 fully saturated rings. The van der Waals surface area contributed by atoms with Crippen LogP contribution >= 0.6 is 0 Å². The van der Waals surface area contributed by atoms with Crippen LogP contribution in [0.25, 0.3) is 0 Å². The van der Waals surface area contributed by atoms with Crippen LogP contribution in [0, 0.1) is 11.8 Å². The van der Waals surface area contributed by atoms with Crippen LogP contribution in [0.3, 0.4) is 0 Å². The summed E-state index contributed by atoms with van der Waals surface area (Å²) >= 11 is 0. The first-order chi connectivity index (χ1) is 8.40. The van der Waals surface area contributed by atoms with Gasteiger partial charge in [-0.25, -0.2) is 4.79 Å². The Bertz CT molecular complexity index is 375. The molecule has 0 saturated heterocycles. The molecule has 0 atom stereocenters. The second kappa shape index (κ2) is 6.54. The molecule has 0 aliphatic heterocycles. The molecule has 0 saturated carbocycles. The highest BCUT2D eigenvalue weighted by molar-refractivity contribution is 5.88. The summed E-state index contributed by atoms with van der Waals surface area (Å²) in [4.78, 5) is 13.2. The Hall–Kier alpha value is -1.36. The highest BCUT2D eigenvalue weighted by Crippen LogP contribution is 2.14. The van der Waals surface area contributed by atoms with Gasteiger partial charge in [-0.1, -0.05) is 32.9 Å². The van der Waals surface area contributed by atoms with Gasteiger partial charge >= 0.3 is 5.97 Å². The quantitative estimate of drug-likeness (QED) is 0.809. The lowest BCUT2D eigenvalue weighted by Gasteiger charge is -2.24. The molecule has 5 nitrogen and oxygen atoms in total. The van der Waals surface area contributed by atoms with Crippen LogP contribution in [0.5, 0.6) is 0 Å². The summed E-state index contributed by atoms with van der Waals surface area (Å²) in [5.41, 5.74) is 0.160. The normalized spacial score (nSPS) is 11.7. The van der Waals surface area contributed by atoms with Gasteiger partial charge in [-0.15, -0.1) is 0 Å². The van der Waals surface area contributed by atoms with Gasteiger partial charge < -0.3 is 9.63 Å². The fraction of sp³-hybridized carbons (Fsp3) is 0.692. The number of nitrogens with zero attached hydrogens (tertiary/aromatic N) is 2. The van der Waals surface area contributed by atoms with E-state index in [0.29, 0.717) is 24.1 Å². The molecule has 102 valence electrons. The minimum Gasteiger partial charge on any atom is -0.478 e. The van der Waals surface area contributed by atoms with Gasteiger partial charge in [0.2, 0.25) is 0 Å². The lowest BCUT2D eigenvalue weighted by molar-refractivity contribution is 0.0692. The Morgan fingerprint density at radius 2 is 1.89 bits per heavy atom. The molecule has 0 bridgehead atoms. The summed E-state index contributed by atoms with van der Waals surface area (Å²) in [5, 5.41) is 12.6. The molecule has 0 aliphatic rings. The molecule has 0 amide bonds. The molecular formula is C13H22N2O3. The summed E-state index contributed by atoms with van der Waals surface area (Å²) in [7, 11) is 0. The molecule has 1 aromatic heterocycles. The van der Waals surface area contributed by atoms with Crippen molar-refractivity contribution < 1.29 is 14.4 Å². The van der Waals surface area contributed by atoms with Gasteiger partial charge in [-0.05, 0) is 11.8 Å². The molecule has 18 heavy (non-hydrogen) atoms. The Kier molecular flexibility index (Phi) is 5.34. The molecule has 1 aromatic rings. The highest BCUT2D eigenvalue weighted by Gasteiger charge is 2.19. The Morgan fingerprint density at radius 3 is 2.33 bits per heavy atom. The van der Waals surface area contributed by atoms with E-state index in [9.17, 15) is 4.79 Å². The van der Waals surface area contributed by atoms with Crippen LogP contribution in [0.4, 0.5) is 0 Å². The largest absolute Gasteiger partial charge is 0.478 e. The van der Waals surface area contributed by atoms with E-state index in [4.69, 9.17) is 9.63 Å². The summed E-state index contributed by atoms with van der Waals surface area (Å²) in [6.45, 7) is 10.9. The first-order valence-electron chi connectivity index (χ1n) is 6.29. The highest BCUT2D eigenvalue weighted by atomic mass is 16.5. The monoisotopic (exact) mass is 254 g/mol. The zero-order valence-corrected chi connectivity index (χ0v) is 11.5. The zero-order valence-electron chi connectivity index (χ0n) is 11.5. The Morgan fingerprint density at radius 1 is 1.33 bits per heavy atom. The van der Waals surface area contributed by atoms with E-state index in [2.05, 4.69) is 37.8 Å². The molecule has 0 unspecified atom stereocenters. The Balaban J connectivity index is 2.75. The van der Waals surface area contributed by atoms with Crippen molar-refractivity contribution in [1.29, 1.82) is 0 Å². The van der Waals surface area contributed by atoms with E-state index in [1.807, 2.05) is 0 Å². The maximum Gasteiger partial charge on any atom is 0.341 e. The van der Waals surface area contributed by atoms with Crippen molar-refractivity contribution in [3.8, 4) is 0 Å². The van der Waals surface area contributed by atoms with Crippen molar-refractivity contribution in [2.24, 2.45) is 11.8 Å². The molecule has 1 N–H and O–H groups in total. The third-order valence-corrected chi connectivity index (χ3v) is 2.49. The second-order valence-corrected chi connectivity index (χ2v) is 5.45. The van der Waals surface area contributed by atoms with Gasteiger partial charge in [0.05, 0.1) is 12.7 Å². The van der Waals surface area contributed by atoms with Crippen LogP contribution in [0.1, 0.15) is 43.8 Å². The molecule has 0 aromatic carbocycles. The molecule has 1 heterocycles. The first-order valence-corrected chi connectivity index (χ1v) is 6.29. The van der Waals surface area contributed by atoms with Crippen molar-refractivity contribution in [3.05, 3.63) is 17.5 Å². The molecule has 0 aliphatic carbocycles. The number of carboxylic acids is 1. The molecule has 5 heteroatoms. The summed E-state index contributed by atoms with van der Waals surface area (Å²) in [6.07, 6.45) is 1.26. The third-order valence-electron chi connectivity index (χ3n) is 2.49. The van der Waals surface area contributed by atoms with Gasteiger partial charge in [-0.2, -0.15) is 0 Å². The topological polar surface area (TPSA) is 66.6 Å². The number of aromatic carboxylic acids is 1. The van der Waals surface area contributed by atoms with Crippen molar-refractivity contribution in [3.63, 3.8) is 0 Å². The van der Waals surface area contributed by atoms with Crippen LogP contribution < -0.4 is 0 Å². The number of carboxylic acid groups (broad SMARTS) is 1. The first kappa shape index (κ1) is 14.7. The minimum atomic E-state index is -0.986. The lowest BCUT2D eigenvalue weighted by atomic mass is 10.1. The maximum atomic E-state index is 11.0. The van der Waals surface area contributed by atoms with Crippen LogP contribution in [-0.4, -0.2) is 34.2 Å². The lowest BCUT2D eigenvalue weighted by Crippen LogP contribution is -2.31. The zero-order chi connectivity index (χ0) is 13.7. The molecule has 1 rings (SSSR count). The van der Waals surface area contributed by atoms with Crippen molar-refractivity contribution >= 4 is 5.97 Å². The van der Waals surface area contributed by atoms with Crippen LogP contribution in [0.2, 0.25) is 0 Å². The molecule has 0 radical (unpaired) electrons. The van der Waals surface area contributed by atoms with E-state index >= 15 is 0 Å². The van der Waals surface area contributed by atoms with E-state index < -0.39 is 5.97 Å². The predicted molar refractivity (Wildman–Crippen MR) is 68.4 cm³/mol. The van der Waals surface area contributed by atoms with Gasteiger partial charge in [0, 0.05) is 13.1 Å². The number of hydrogen-bond donors (Lipinski definition) is 1. The summed E-state index contributed by atoms with van der Waals surface area (Å²) in [6, 6.07) is 0. The summed E-state index contributed by atoms with van der Waals surface area (Å²) in [5.74, 6) is 0.504. The molecule has 0 spiro atoms. The number of carbonyl (C=O) groups is 1. The van der Waals surface area contributed by atoms with Crippen LogP contribution in [-0.2, 0) is 6.54 Å². The van der Waals surface area contributed by atoms with E-state index in [0.717, 1.165) is 13.1 Å². The number of rotatable bonds is 7. The SMILES string of the molecule is CC(C)CN(Cc1oncc1C(=O)O)CC(C)C. The van der Waals surface area contributed by atoms with Crippen molar-refractivity contribution in [1.82, 2.24) is 10.1 Å². The van der Waals surface area contributed by atoms with Gasteiger partial charge in [0.15, 0.2) is 5.76 Å². The summed E-state index contributed by atoms with van der Waals surface area (Å²) < 4.78 is 5.05. The number of aromatic nitrogens is 1. The van der Waals surface area contributed by atoms with E-state index in [-0.39, 0.29) is 5.56 Å². The average Bonchev–Trinajstić information content (AvgIpc) is 2.63. The maximum absolute atomic E-state index is 11.0. The standard InChI is InChI=1S/C13H22N2O3/c1-9(2)6-15(7-10(3)4)8-12-11(13(16)17)5-14-18-12/h5,9-10H,6-8H2,1-4H3,(H,16,17). The minimum absolute atomic E-state index is 0.160. The average molecular weight is 254 g/mol. The smallest absolute Gasteiger partial charge is 0.341 e. The molecular weight excluding hydrogens is 232 g/mol. The second-order valence-electron chi connectivity index (χ2n) is 5.45. The van der Waals surface area contributed by atoms with Crippen LogP contribution in [0.15, 0.2) is 10.7 Å². The van der Waals surface area contributed by atoms with E-state index in [1.54, 1.807) is 0 Å².